The van der Waals surface area contributed by atoms with Crippen LogP contribution in [0.1, 0.15) is 0 Å². The molecule has 8 aromatic rings. The zero-order chi connectivity index (χ0) is 39.4. The molecule has 0 unspecified atom stereocenters. The van der Waals surface area contributed by atoms with Gasteiger partial charge in [-0.1, -0.05) is 84.9 Å². The summed E-state index contributed by atoms with van der Waals surface area (Å²) in [6.45, 7) is 0.108. The standard InChI is InChI=1S/C52H40BN3OS2/c1-58(2)46-23-11-7-19-40(46)55-42-31-34(33-27-29-35(30-28-33)54-38-17-5-9-21-44(38)57-45-22-10-6-18-39(45)54)32-43-50(42)53(36-15-13-25-48(58)51(36)55)37-16-14-26-49-52(37)56(43)41-20-8-12-24-47(41)59(49,3)4/h5-32H,1-4H3. The van der Waals surface area contributed by atoms with Crippen molar-refractivity contribution >= 4 is 94.3 Å². The summed E-state index contributed by atoms with van der Waals surface area (Å²) < 4.78 is 6.36. The predicted molar refractivity (Wildman–Crippen MR) is 253 cm³/mol. The van der Waals surface area contributed by atoms with Gasteiger partial charge in [-0.05, 0) is 137 Å². The molecule has 7 heteroatoms. The molecule has 59 heavy (non-hydrogen) atoms. The van der Waals surface area contributed by atoms with E-state index in [4.69, 9.17) is 4.74 Å². The van der Waals surface area contributed by atoms with Crippen molar-refractivity contribution in [1.82, 2.24) is 0 Å². The zero-order valence-corrected chi connectivity index (χ0v) is 34.9. The maximum atomic E-state index is 6.36. The Bertz CT molecular complexity index is 2960. The van der Waals surface area contributed by atoms with E-state index in [1.54, 1.807) is 0 Å². The quantitative estimate of drug-likeness (QED) is 0.162. The van der Waals surface area contributed by atoms with Crippen LogP contribution >= 0.6 is 20.1 Å². The van der Waals surface area contributed by atoms with Gasteiger partial charge in [0.2, 0.25) is 0 Å². The van der Waals surface area contributed by atoms with Crippen LogP contribution < -0.4 is 35.8 Å². The van der Waals surface area contributed by atoms with Gasteiger partial charge < -0.3 is 19.4 Å². The third kappa shape index (κ3) is 4.34. The Kier molecular flexibility index (Phi) is 6.67. The first kappa shape index (κ1) is 33.7. The summed E-state index contributed by atoms with van der Waals surface area (Å²) in [6.07, 6.45) is 9.94. The number of para-hydroxylation sites is 8. The molecule has 13 rings (SSSR count). The van der Waals surface area contributed by atoms with Crippen molar-refractivity contribution < 1.29 is 4.74 Å². The summed E-state index contributed by atoms with van der Waals surface area (Å²) in [6, 6.07) is 63.4. The smallest absolute Gasteiger partial charge is 0.252 e. The largest absolute Gasteiger partial charge is 0.453 e. The number of nitrogens with zero attached hydrogens (tertiary/aromatic N) is 3. The van der Waals surface area contributed by atoms with Crippen molar-refractivity contribution in [3.8, 4) is 22.6 Å². The van der Waals surface area contributed by atoms with Crippen molar-refractivity contribution in [3.63, 3.8) is 0 Å². The lowest BCUT2D eigenvalue weighted by atomic mass is 9.33. The molecule has 0 bridgehead atoms. The van der Waals surface area contributed by atoms with E-state index < -0.39 is 20.1 Å². The van der Waals surface area contributed by atoms with Gasteiger partial charge in [-0.25, -0.2) is 0 Å². The molecule has 4 nitrogen and oxygen atoms in total. The number of rotatable bonds is 2. The molecule has 0 aliphatic carbocycles. The maximum absolute atomic E-state index is 6.36. The van der Waals surface area contributed by atoms with Gasteiger partial charge in [-0.15, -0.1) is 0 Å². The minimum Gasteiger partial charge on any atom is -0.453 e. The Morgan fingerprint density at radius 2 is 0.831 bits per heavy atom. The van der Waals surface area contributed by atoms with Crippen molar-refractivity contribution in [2.45, 2.75) is 19.6 Å². The van der Waals surface area contributed by atoms with Crippen LogP contribution in [0.2, 0.25) is 0 Å². The molecule has 0 N–H and O–H groups in total. The highest BCUT2D eigenvalue weighted by Gasteiger charge is 2.50. The van der Waals surface area contributed by atoms with Crippen LogP contribution in [0, 0.1) is 0 Å². The van der Waals surface area contributed by atoms with Gasteiger partial charge in [0.1, 0.15) is 0 Å². The number of fused-ring (bicyclic) bond motifs is 10. The summed E-state index contributed by atoms with van der Waals surface area (Å²) in [4.78, 5) is 13.4. The highest BCUT2D eigenvalue weighted by atomic mass is 32.3. The van der Waals surface area contributed by atoms with E-state index in [0.717, 1.165) is 28.6 Å². The van der Waals surface area contributed by atoms with Gasteiger partial charge in [0.15, 0.2) is 11.5 Å². The molecule has 0 radical (unpaired) electrons. The number of ether oxygens (including phenoxy) is 1. The topological polar surface area (TPSA) is 19.0 Å². The van der Waals surface area contributed by atoms with Gasteiger partial charge in [0.05, 0.1) is 34.1 Å². The average Bonchev–Trinajstić information content (AvgIpc) is 3.27. The Hall–Kier alpha value is -6.28. The summed E-state index contributed by atoms with van der Waals surface area (Å²) >= 11 is 0. The second-order valence-corrected chi connectivity index (χ2v) is 24.0. The molecule has 5 heterocycles. The Labute approximate surface area is 349 Å². The van der Waals surface area contributed by atoms with E-state index in [2.05, 4.69) is 197 Å². The summed E-state index contributed by atoms with van der Waals surface area (Å²) in [5.41, 5.74) is 17.7. The molecule has 5 aliphatic heterocycles. The van der Waals surface area contributed by atoms with Crippen LogP contribution in [-0.2, 0) is 0 Å². The normalized spacial score (nSPS) is 17.2. The van der Waals surface area contributed by atoms with Crippen molar-refractivity contribution in [2.24, 2.45) is 0 Å². The van der Waals surface area contributed by atoms with E-state index in [9.17, 15) is 0 Å². The highest BCUT2D eigenvalue weighted by molar-refractivity contribution is 8.33. The molecule has 0 saturated carbocycles. The first-order valence-corrected chi connectivity index (χ1v) is 25.2. The fourth-order valence-corrected chi connectivity index (χ4v) is 15.6. The lowest BCUT2D eigenvalue weighted by molar-refractivity contribution is 0.477. The van der Waals surface area contributed by atoms with Gasteiger partial charge in [-0.3, -0.25) is 0 Å². The fourth-order valence-electron chi connectivity index (χ4n) is 10.7. The van der Waals surface area contributed by atoms with Crippen LogP contribution in [0.25, 0.3) is 11.1 Å². The Morgan fingerprint density at radius 1 is 0.390 bits per heavy atom. The third-order valence-electron chi connectivity index (χ3n) is 13.3. The molecule has 0 atom stereocenters. The van der Waals surface area contributed by atoms with Crippen molar-refractivity contribution in [3.05, 3.63) is 170 Å². The van der Waals surface area contributed by atoms with Gasteiger partial charge in [-0.2, -0.15) is 20.1 Å². The van der Waals surface area contributed by atoms with Gasteiger partial charge in [0, 0.05) is 36.6 Å². The number of hydrogen-bond acceptors (Lipinski definition) is 4. The third-order valence-corrected chi connectivity index (χ3v) is 19.1. The minimum absolute atomic E-state index is 0.108. The highest BCUT2D eigenvalue weighted by Crippen LogP contribution is 2.70. The molecule has 284 valence electrons. The lowest BCUT2D eigenvalue weighted by Gasteiger charge is -2.53. The fraction of sp³-hybridized carbons (Fsp3) is 0.0769. The van der Waals surface area contributed by atoms with E-state index >= 15 is 0 Å². The van der Waals surface area contributed by atoms with Crippen LogP contribution in [0.3, 0.4) is 0 Å². The Morgan fingerprint density at radius 3 is 1.34 bits per heavy atom. The van der Waals surface area contributed by atoms with E-state index in [0.29, 0.717) is 0 Å². The number of hydrogen-bond donors (Lipinski definition) is 0. The van der Waals surface area contributed by atoms with Crippen molar-refractivity contribution in [2.75, 3.05) is 39.7 Å². The molecular weight excluding hydrogens is 758 g/mol. The second kappa shape index (κ2) is 11.7. The monoisotopic (exact) mass is 797 g/mol. The first-order chi connectivity index (χ1) is 28.8. The van der Waals surface area contributed by atoms with E-state index in [1.165, 1.54) is 81.2 Å². The van der Waals surface area contributed by atoms with Crippen molar-refractivity contribution in [1.29, 1.82) is 0 Å². The maximum Gasteiger partial charge on any atom is 0.252 e. The van der Waals surface area contributed by atoms with Gasteiger partial charge in [0.25, 0.3) is 6.71 Å². The molecule has 0 saturated heterocycles. The molecule has 0 amide bonds. The van der Waals surface area contributed by atoms with Crippen LogP contribution in [-0.4, -0.2) is 31.7 Å². The van der Waals surface area contributed by atoms with Crippen LogP contribution in [0.15, 0.2) is 189 Å². The Balaban J connectivity index is 1.08. The molecular formula is C52H40BN3OS2. The average molecular weight is 798 g/mol. The van der Waals surface area contributed by atoms with Gasteiger partial charge >= 0.3 is 0 Å². The second-order valence-electron chi connectivity index (χ2n) is 16.9. The molecule has 5 aliphatic rings. The summed E-state index contributed by atoms with van der Waals surface area (Å²) in [5, 5.41) is 0. The molecule has 8 aromatic carbocycles. The predicted octanol–water partition coefficient (Wildman–Crippen LogP) is 12.6. The van der Waals surface area contributed by atoms with Crippen LogP contribution in [0.4, 0.5) is 51.2 Å². The van der Waals surface area contributed by atoms with Crippen LogP contribution in [0.5, 0.6) is 11.5 Å². The summed E-state index contributed by atoms with van der Waals surface area (Å²) in [7, 11) is -2.58. The molecule has 0 fully saturated rings. The molecule has 0 aromatic heterocycles. The summed E-state index contributed by atoms with van der Waals surface area (Å²) in [5.74, 6) is 1.72. The minimum atomic E-state index is -1.29. The zero-order valence-electron chi connectivity index (χ0n) is 33.3. The lowest BCUT2D eigenvalue weighted by Crippen LogP contribution is -2.62. The molecule has 0 spiro atoms. The van der Waals surface area contributed by atoms with E-state index in [1.807, 2.05) is 12.1 Å². The number of anilines is 9. The van der Waals surface area contributed by atoms with E-state index in [-0.39, 0.29) is 6.71 Å². The number of benzene rings is 8. The first-order valence-electron chi connectivity index (χ1n) is 20.3. The SMILES string of the molecule is CS1(C)c2ccccc2N2c3cc(-c4ccc(N5c6ccccc6Oc6ccccc65)cc4)cc4c3B(c3cccc1c32)c1cccc2c1N4c1ccccc1S2(C)C.